The second kappa shape index (κ2) is 4.09. The molecule has 80 valence electrons. The van der Waals surface area contributed by atoms with Crippen LogP contribution in [0.15, 0.2) is 0 Å². The van der Waals surface area contributed by atoms with E-state index < -0.39 is 0 Å². The second-order valence-electron chi connectivity index (χ2n) is 4.74. The van der Waals surface area contributed by atoms with Crippen molar-refractivity contribution >= 4 is 17.5 Å². The second-order valence-corrected chi connectivity index (χ2v) is 5.30. The van der Waals surface area contributed by atoms with Gasteiger partial charge >= 0.3 is 0 Å². The fraction of sp³-hybridized carbons (Fsp3) is 0.909. The summed E-state index contributed by atoms with van der Waals surface area (Å²) in [5, 5.41) is 3.24. The van der Waals surface area contributed by atoms with Crippen LogP contribution in [0, 0.1) is 11.8 Å². The van der Waals surface area contributed by atoms with E-state index in [4.69, 9.17) is 11.6 Å². The lowest BCUT2D eigenvalue weighted by Crippen LogP contribution is -2.43. The van der Waals surface area contributed by atoms with E-state index in [1.54, 1.807) is 0 Å². The van der Waals surface area contributed by atoms with Gasteiger partial charge in [0.1, 0.15) is 0 Å². The molecule has 14 heavy (non-hydrogen) atoms. The lowest BCUT2D eigenvalue weighted by molar-refractivity contribution is -0.123. The molecule has 2 fully saturated rings. The van der Waals surface area contributed by atoms with Crippen molar-refractivity contribution in [3.63, 3.8) is 0 Å². The molecule has 0 radical (unpaired) electrons. The summed E-state index contributed by atoms with van der Waals surface area (Å²) < 4.78 is 0. The molecular weight excluding hydrogens is 198 g/mol. The number of hydrogen-bond donors (Lipinski definition) is 1. The van der Waals surface area contributed by atoms with Crippen molar-refractivity contribution in [3.8, 4) is 0 Å². The number of carbonyl (C=O) groups excluding carboxylic acids is 1. The van der Waals surface area contributed by atoms with Crippen molar-refractivity contribution < 1.29 is 4.79 Å². The molecule has 0 saturated heterocycles. The first-order valence-electron chi connectivity index (χ1n) is 5.63. The van der Waals surface area contributed by atoms with Crippen molar-refractivity contribution in [2.45, 2.75) is 50.4 Å². The first kappa shape index (κ1) is 10.3. The maximum Gasteiger partial charge on any atom is 0.223 e. The SMILES string of the molecule is CC1CC1C(=O)NC1CCCCC1Cl. The van der Waals surface area contributed by atoms with Gasteiger partial charge in [-0.25, -0.2) is 0 Å². The van der Waals surface area contributed by atoms with E-state index in [0.717, 1.165) is 19.3 Å². The van der Waals surface area contributed by atoms with Crippen LogP contribution in [0.5, 0.6) is 0 Å². The molecule has 3 heteroatoms. The van der Waals surface area contributed by atoms with E-state index >= 15 is 0 Å². The van der Waals surface area contributed by atoms with Crippen molar-refractivity contribution in [3.05, 3.63) is 0 Å². The van der Waals surface area contributed by atoms with E-state index in [0.29, 0.717) is 5.92 Å². The topological polar surface area (TPSA) is 29.1 Å². The normalized spacial score (nSPS) is 41.9. The van der Waals surface area contributed by atoms with Gasteiger partial charge in [0.25, 0.3) is 0 Å². The number of hydrogen-bond acceptors (Lipinski definition) is 1. The molecule has 2 aliphatic carbocycles. The predicted octanol–water partition coefficient (Wildman–Crippen LogP) is 2.31. The van der Waals surface area contributed by atoms with Crippen molar-refractivity contribution in [2.75, 3.05) is 0 Å². The Bertz CT molecular complexity index is 231. The lowest BCUT2D eigenvalue weighted by Gasteiger charge is -2.27. The van der Waals surface area contributed by atoms with Crippen LogP contribution in [0.3, 0.4) is 0 Å². The van der Waals surface area contributed by atoms with Gasteiger partial charge < -0.3 is 5.32 Å². The summed E-state index contributed by atoms with van der Waals surface area (Å²) in [6, 6.07) is 0.228. The fourth-order valence-electron chi connectivity index (χ4n) is 2.23. The highest BCUT2D eigenvalue weighted by molar-refractivity contribution is 6.21. The smallest absolute Gasteiger partial charge is 0.223 e. The maximum absolute atomic E-state index is 11.7. The minimum Gasteiger partial charge on any atom is -0.352 e. The van der Waals surface area contributed by atoms with Crippen LogP contribution in [-0.4, -0.2) is 17.3 Å². The van der Waals surface area contributed by atoms with Crippen LogP contribution in [-0.2, 0) is 4.79 Å². The van der Waals surface area contributed by atoms with Crippen molar-refractivity contribution in [1.29, 1.82) is 0 Å². The van der Waals surface area contributed by atoms with Gasteiger partial charge in [0.2, 0.25) is 5.91 Å². The predicted molar refractivity (Wildman–Crippen MR) is 57.3 cm³/mol. The average Bonchev–Trinajstić information content (AvgIpc) is 2.87. The molecule has 2 nitrogen and oxygen atoms in total. The quantitative estimate of drug-likeness (QED) is 0.704. The lowest BCUT2D eigenvalue weighted by atomic mass is 9.95. The molecule has 2 rings (SSSR count). The zero-order valence-corrected chi connectivity index (χ0v) is 9.39. The number of nitrogens with one attached hydrogen (secondary N) is 1. The van der Waals surface area contributed by atoms with E-state index in [1.165, 1.54) is 12.8 Å². The Balaban J connectivity index is 1.80. The van der Waals surface area contributed by atoms with E-state index in [1.807, 2.05) is 0 Å². The van der Waals surface area contributed by atoms with Crippen molar-refractivity contribution in [2.24, 2.45) is 11.8 Å². The van der Waals surface area contributed by atoms with E-state index in [-0.39, 0.29) is 23.2 Å². The first-order valence-corrected chi connectivity index (χ1v) is 6.06. The Morgan fingerprint density at radius 1 is 1.36 bits per heavy atom. The van der Waals surface area contributed by atoms with Gasteiger partial charge in [-0.2, -0.15) is 0 Å². The first-order chi connectivity index (χ1) is 6.68. The van der Waals surface area contributed by atoms with Crippen LogP contribution in [0.4, 0.5) is 0 Å². The molecule has 0 aliphatic heterocycles. The fourth-order valence-corrected chi connectivity index (χ4v) is 2.57. The zero-order valence-electron chi connectivity index (χ0n) is 8.63. The molecule has 0 aromatic rings. The number of rotatable bonds is 2. The molecule has 2 saturated carbocycles. The molecule has 1 N–H and O–H groups in total. The van der Waals surface area contributed by atoms with Gasteiger partial charge in [-0.15, -0.1) is 11.6 Å². The Morgan fingerprint density at radius 2 is 2.00 bits per heavy atom. The highest BCUT2D eigenvalue weighted by Gasteiger charge is 2.40. The third-order valence-corrected chi connectivity index (χ3v) is 3.98. The molecule has 0 spiro atoms. The van der Waals surface area contributed by atoms with Gasteiger partial charge in [-0.05, 0) is 25.2 Å². The maximum atomic E-state index is 11.7. The van der Waals surface area contributed by atoms with Crippen LogP contribution in [0.2, 0.25) is 0 Å². The highest BCUT2D eigenvalue weighted by atomic mass is 35.5. The van der Waals surface area contributed by atoms with E-state index in [9.17, 15) is 4.79 Å². The molecular formula is C11H18ClNO. The molecule has 0 bridgehead atoms. The standard InChI is InChI=1S/C11H18ClNO/c1-7-6-8(7)11(14)13-10-5-3-2-4-9(10)12/h7-10H,2-6H2,1H3,(H,13,14). The molecule has 1 amide bonds. The Hall–Kier alpha value is -0.240. The van der Waals surface area contributed by atoms with Crippen LogP contribution >= 0.6 is 11.6 Å². The van der Waals surface area contributed by atoms with Crippen LogP contribution < -0.4 is 5.32 Å². The number of carbonyl (C=O) groups is 1. The summed E-state index contributed by atoms with van der Waals surface area (Å²) in [4.78, 5) is 11.7. The zero-order chi connectivity index (χ0) is 10.1. The molecule has 4 unspecified atom stereocenters. The third-order valence-electron chi connectivity index (χ3n) is 3.46. The van der Waals surface area contributed by atoms with Gasteiger partial charge in [-0.3, -0.25) is 4.79 Å². The summed E-state index contributed by atoms with van der Waals surface area (Å²) in [7, 11) is 0. The average molecular weight is 216 g/mol. The number of alkyl halides is 1. The largest absolute Gasteiger partial charge is 0.352 e. The highest BCUT2D eigenvalue weighted by Crippen LogP contribution is 2.38. The Kier molecular flexibility index (Phi) is 3.01. The Morgan fingerprint density at radius 3 is 2.57 bits per heavy atom. The molecule has 2 aliphatic rings. The molecule has 0 aromatic carbocycles. The van der Waals surface area contributed by atoms with Crippen molar-refractivity contribution in [1.82, 2.24) is 5.32 Å². The van der Waals surface area contributed by atoms with Crippen LogP contribution in [0.25, 0.3) is 0 Å². The summed E-state index contributed by atoms with van der Waals surface area (Å²) >= 11 is 6.17. The Labute approximate surface area is 90.4 Å². The summed E-state index contributed by atoms with van der Waals surface area (Å²) in [5.41, 5.74) is 0. The minimum atomic E-state index is 0.154. The van der Waals surface area contributed by atoms with Gasteiger partial charge in [0.15, 0.2) is 0 Å². The van der Waals surface area contributed by atoms with E-state index in [2.05, 4.69) is 12.2 Å². The molecule has 0 heterocycles. The third kappa shape index (κ3) is 2.22. The van der Waals surface area contributed by atoms with Gasteiger partial charge in [0, 0.05) is 12.0 Å². The minimum absolute atomic E-state index is 0.154. The summed E-state index contributed by atoms with van der Waals surface area (Å²) in [5.74, 6) is 1.10. The number of amides is 1. The molecule has 4 atom stereocenters. The van der Waals surface area contributed by atoms with Gasteiger partial charge in [-0.1, -0.05) is 19.8 Å². The molecule has 0 aromatic heterocycles. The number of halogens is 1. The van der Waals surface area contributed by atoms with Gasteiger partial charge in [0.05, 0.1) is 5.38 Å². The summed E-state index contributed by atoms with van der Waals surface area (Å²) in [6.45, 7) is 2.13. The monoisotopic (exact) mass is 215 g/mol. The summed E-state index contributed by atoms with van der Waals surface area (Å²) in [6.07, 6.45) is 5.58. The van der Waals surface area contributed by atoms with Crippen LogP contribution in [0.1, 0.15) is 39.0 Å².